The number of hydrogen-bond donors (Lipinski definition) is 0. The second kappa shape index (κ2) is 8.71. The minimum absolute atomic E-state index is 0.168. The standard InChI is InChI=1S/C22H24N4OS/c1-17(28-21-19-9-5-6-10-20(19)23-16-24-21)22(27)26-13-11-25(12-14-26)15-18-7-3-2-4-8-18/h2-10,16-17H,11-15H2,1H3/t17-/m1/s1. The topological polar surface area (TPSA) is 49.3 Å². The van der Waals surface area contributed by atoms with Gasteiger partial charge in [-0.3, -0.25) is 9.69 Å². The minimum atomic E-state index is -0.168. The first kappa shape index (κ1) is 18.9. The van der Waals surface area contributed by atoms with Crippen LogP contribution in [-0.4, -0.2) is 57.1 Å². The number of para-hydroxylation sites is 1. The van der Waals surface area contributed by atoms with Crippen LogP contribution in [0.15, 0.2) is 66.0 Å². The van der Waals surface area contributed by atoms with E-state index in [0.29, 0.717) is 0 Å². The molecule has 1 aromatic heterocycles. The third-order valence-corrected chi connectivity index (χ3v) is 6.18. The van der Waals surface area contributed by atoms with E-state index in [1.54, 1.807) is 6.33 Å². The van der Waals surface area contributed by atoms with Crippen molar-refractivity contribution >= 4 is 28.6 Å². The fraction of sp³-hybridized carbons (Fsp3) is 0.318. The summed E-state index contributed by atoms with van der Waals surface area (Å²) in [5.41, 5.74) is 2.23. The van der Waals surface area contributed by atoms with E-state index in [0.717, 1.165) is 48.7 Å². The van der Waals surface area contributed by atoms with Gasteiger partial charge in [0.1, 0.15) is 11.4 Å². The first-order valence-electron chi connectivity index (χ1n) is 9.62. The van der Waals surface area contributed by atoms with Gasteiger partial charge in [0.15, 0.2) is 0 Å². The van der Waals surface area contributed by atoms with Gasteiger partial charge in [-0.05, 0) is 18.6 Å². The Kier molecular flexibility index (Phi) is 5.88. The molecule has 1 aliphatic heterocycles. The van der Waals surface area contributed by atoms with Gasteiger partial charge in [-0.1, -0.05) is 60.3 Å². The summed E-state index contributed by atoms with van der Waals surface area (Å²) in [5.74, 6) is 0.187. The Bertz CT molecular complexity index is 936. The molecule has 1 fully saturated rings. The highest BCUT2D eigenvalue weighted by molar-refractivity contribution is 8.00. The highest BCUT2D eigenvalue weighted by atomic mass is 32.2. The van der Waals surface area contributed by atoms with Crippen LogP contribution in [0.5, 0.6) is 0 Å². The van der Waals surface area contributed by atoms with Crippen LogP contribution >= 0.6 is 11.8 Å². The molecular formula is C22H24N4OS. The van der Waals surface area contributed by atoms with Crippen LogP contribution in [0.1, 0.15) is 12.5 Å². The quantitative estimate of drug-likeness (QED) is 0.492. The Morgan fingerprint density at radius 2 is 1.71 bits per heavy atom. The van der Waals surface area contributed by atoms with Crippen molar-refractivity contribution in [2.75, 3.05) is 26.2 Å². The van der Waals surface area contributed by atoms with Crippen molar-refractivity contribution in [3.8, 4) is 0 Å². The number of thioether (sulfide) groups is 1. The summed E-state index contributed by atoms with van der Waals surface area (Å²) in [6.07, 6.45) is 1.57. The predicted octanol–water partition coefficient (Wildman–Crippen LogP) is 3.45. The summed E-state index contributed by atoms with van der Waals surface area (Å²) in [5, 5.41) is 1.70. The van der Waals surface area contributed by atoms with Gasteiger partial charge in [0, 0.05) is 38.1 Å². The van der Waals surface area contributed by atoms with Crippen LogP contribution in [-0.2, 0) is 11.3 Å². The average Bonchev–Trinajstić information content (AvgIpc) is 2.75. The third kappa shape index (κ3) is 4.34. The van der Waals surface area contributed by atoms with Crippen molar-refractivity contribution in [3.05, 3.63) is 66.5 Å². The second-order valence-electron chi connectivity index (χ2n) is 7.04. The fourth-order valence-corrected chi connectivity index (χ4v) is 4.51. The smallest absolute Gasteiger partial charge is 0.235 e. The van der Waals surface area contributed by atoms with Crippen molar-refractivity contribution in [1.82, 2.24) is 19.8 Å². The van der Waals surface area contributed by atoms with Crippen molar-refractivity contribution in [2.45, 2.75) is 23.7 Å². The number of hydrogen-bond acceptors (Lipinski definition) is 5. The molecule has 0 N–H and O–H groups in total. The largest absolute Gasteiger partial charge is 0.339 e. The van der Waals surface area contributed by atoms with Gasteiger partial charge in [-0.2, -0.15) is 0 Å². The zero-order chi connectivity index (χ0) is 19.3. The predicted molar refractivity (Wildman–Crippen MR) is 113 cm³/mol. The van der Waals surface area contributed by atoms with E-state index >= 15 is 0 Å². The van der Waals surface area contributed by atoms with E-state index < -0.39 is 0 Å². The van der Waals surface area contributed by atoms with Gasteiger partial charge in [0.05, 0.1) is 10.8 Å². The Balaban J connectivity index is 1.34. The van der Waals surface area contributed by atoms with Gasteiger partial charge >= 0.3 is 0 Å². The molecular weight excluding hydrogens is 368 g/mol. The van der Waals surface area contributed by atoms with Crippen LogP contribution < -0.4 is 0 Å². The molecule has 28 heavy (non-hydrogen) atoms. The van der Waals surface area contributed by atoms with E-state index in [-0.39, 0.29) is 11.2 Å². The molecule has 1 saturated heterocycles. The van der Waals surface area contributed by atoms with Gasteiger partial charge in [0.2, 0.25) is 5.91 Å². The maximum Gasteiger partial charge on any atom is 0.235 e. The number of carbonyl (C=O) groups excluding carboxylic acids is 1. The molecule has 6 heteroatoms. The van der Waals surface area contributed by atoms with E-state index in [4.69, 9.17) is 0 Å². The van der Waals surface area contributed by atoms with Crippen molar-refractivity contribution in [2.24, 2.45) is 0 Å². The van der Waals surface area contributed by atoms with Crippen LogP contribution in [0.25, 0.3) is 10.9 Å². The van der Waals surface area contributed by atoms with Gasteiger partial charge < -0.3 is 4.90 Å². The number of aromatic nitrogens is 2. The van der Waals surface area contributed by atoms with Crippen LogP contribution in [0.2, 0.25) is 0 Å². The molecule has 2 heterocycles. The van der Waals surface area contributed by atoms with E-state index in [2.05, 4.69) is 39.1 Å². The lowest BCUT2D eigenvalue weighted by Gasteiger charge is -2.35. The first-order valence-corrected chi connectivity index (χ1v) is 10.5. The van der Waals surface area contributed by atoms with Crippen molar-refractivity contribution < 1.29 is 4.79 Å². The molecule has 1 amide bonds. The summed E-state index contributed by atoms with van der Waals surface area (Å²) >= 11 is 1.52. The SMILES string of the molecule is C[C@@H](Sc1ncnc2ccccc12)C(=O)N1CCN(Cc2ccccc2)CC1. The monoisotopic (exact) mass is 392 g/mol. The molecule has 1 atom stereocenters. The molecule has 0 saturated carbocycles. The molecule has 5 nitrogen and oxygen atoms in total. The molecule has 4 rings (SSSR count). The molecule has 3 aromatic rings. The molecule has 1 aliphatic rings. The molecule has 0 aliphatic carbocycles. The zero-order valence-electron chi connectivity index (χ0n) is 16.0. The van der Waals surface area contributed by atoms with Gasteiger partial charge in [-0.15, -0.1) is 0 Å². The maximum atomic E-state index is 12.9. The molecule has 144 valence electrons. The summed E-state index contributed by atoms with van der Waals surface area (Å²) in [6, 6.07) is 18.4. The summed E-state index contributed by atoms with van der Waals surface area (Å²) in [6.45, 7) is 6.30. The molecule has 0 bridgehead atoms. The number of amides is 1. The Hall–Kier alpha value is -2.44. The third-order valence-electron chi connectivity index (χ3n) is 5.08. The van der Waals surface area contributed by atoms with Gasteiger partial charge in [0.25, 0.3) is 0 Å². The number of rotatable bonds is 5. The molecule has 2 aromatic carbocycles. The molecule has 0 unspecified atom stereocenters. The zero-order valence-corrected chi connectivity index (χ0v) is 16.8. The van der Waals surface area contributed by atoms with Crippen LogP contribution in [0.3, 0.4) is 0 Å². The Morgan fingerprint density at radius 1 is 1.00 bits per heavy atom. The fourth-order valence-electron chi connectivity index (χ4n) is 3.52. The maximum absolute atomic E-state index is 12.9. The second-order valence-corrected chi connectivity index (χ2v) is 8.37. The lowest BCUT2D eigenvalue weighted by molar-refractivity contribution is -0.132. The van der Waals surface area contributed by atoms with Crippen molar-refractivity contribution in [3.63, 3.8) is 0 Å². The number of nitrogens with zero attached hydrogens (tertiary/aromatic N) is 4. The number of benzene rings is 2. The normalized spacial score (nSPS) is 16.2. The number of carbonyl (C=O) groups is 1. The first-order chi connectivity index (χ1) is 13.7. The Labute approximate surface area is 169 Å². The highest BCUT2D eigenvalue weighted by Crippen LogP contribution is 2.28. The minimum Gasteiger partial charge on any atom is -0.339 e. The lowest BCUT2D eigenvalue weighted by atomic mass is 10.2. The Morgan fingerprint density at radius 3 is 2.50 bits per heavy atom. The number of fused-ring (bicyclic) bond motifs is 1. The lowest BCUT2D eigenvalue weighted by Crippen LogP contribution is -2.50. The number of piperazine rings is 1. The van der Waals surface area contributed by atoms with Gasteiger partial charge in [-0.25, -0.2) is 9.97 Å². The van der Waals surface area contributed by atoms with Crippen LogP contribution in [0, 0.1) is 0 Å². The van der Waals surface area contributed by atoms with Crippen LogP contribution in [0.4, 0.5) is 0 Å². The summed E-state index contributed by atoms with van der Waals surface area (Å²) in [4.78, 5) is 26.1. The van der Waals surface area contributed by atoms with Crippen molar-refractivity contribution in [1.29, 1.82) is 0 Å². The summed E-state index contributed by atoms with van der Waals surface area (Å²) < 4.78 is 0. The molecule has 0 spiro atoms. The highest BCUT2D eigenvalue weighted by Gasteiger charge is 2.26. The molecule has 0 radical (unpaired) electrons. The van der Waals surface area contributed by atoms with E-state index in [1.165, 1.54) is 17.3 Å². The summed E-state index contributed by atoms with van der Waals surface area (Å²) in [7, 11) is 0. The average molecular weight is 393 g/mol. The van der Waals surface area contributed by atoms with E-state index in [9.17, 15) is 4.79 Å². The van der Waals surface area contributed by atoms with E-state index in [1.807, 2.05) is 42.2 Å².